The van der Waals surface area contributed by atoms with Gasteiger partial charge in [0.25, 0.3) is 0 Å². The summed E-state index contributed by atoms with van der Waals surface area (Å²) in [6.07, 6.45) is 1.69. The fourth-order valence-corrected chi connectivity index (χ4v) is 1.63. The van der Waals surface area contributed by atoms with Crippen LogP contribution in [0.1, 0.15) is 0 Å². The van der Waals surface area contributed by atoms with E-state index < -0.39 is 0 Å². The van der Waals surface area contributed by atoms with Gasteiger partial charge in [-0.15, -0.1) is 0 Å². The molecule has 0 atom stereocenters. The van der Waals surface area contributed by atoms with E-state index in [-0.39, 0.29) is 0 Å². The van der Waals surface area contributed by atoms with Crippen molar-refractivity contribution in [1.29, 1.82) is 0 Å². The van der Waals surface area contributed by atoms with Crippen molar-refractivity contribution in [3.05, 3.63) is 39.6 Å². The molecule has 2 rings (SSSR count). The smallest absolute Gasteiger partial charge is 0.138 e. The zero-order valence-electron chi connectivity index (χ0n) is 8.53. The Labute approximate surface area is 107 Å². The minimum Gasteiger partial charge on any atom is -0.497 e. The lowest BCUT2D eigenvalue weighted by Gasteiger charge is -2.03. The standard InChI is InChI=1S/C11H9BrN2OS/c1-15-8-4-2-7(3-5-8)10-13-6-9(12)11(16)14-10/h2-6H,1H3,(H,13,14,16). The van der Waals surface area contributed by atoms with Crippen molar-refractivity contribution < 1.29 is 4.74 Å². The molecule has 0 radical (unpaired) electrons. The molecule has 1 heterocycles. The predicted molar refractivity (Wildman–Crippen MR) is 69.1 cm³/mol. The molecule has 0 fully saturated rings. The van der Waals surface area contributed by atoms with Crippen molar-refractivity contribution in [2.45, 2.75) is 0 Å². The number of hydrogen-bond donors (Lipinski definition) is 1. The summed E-state index contributed by atoms with van der Waals surface area (Å²) in [5.74, 6) is 1.57. The van der Waals surface area contributed by atoms with Crippen LogP contribution in [0.25, 0.3) is 11.4 Å². The van der Waals surface area contributed by atoms with Crippen molar-refractivity contribution >= 4 is 28.1 Å². The number of methoxy groups -OCH3 is 1. The van der Waals surface area contributed by atoms with E-state index in [4.69, 9.17) is 17.0 Å². The summed E-state index contributed by atoms with van der Waals surface area (Å²) >= 11 is 8.43. The number of halogens is 1. The van der Waals surface area contributed by atoms with Gasteiger partial charge in [0.1, 0.15) is 16.2 Å². The van der Waals surface area contributed by atoms with E-state index >= 15 is 0 Å². The Morgan fingerprint density at radius 1 is 1.31 bits per heavy atom. The first-order valence-electron chi connectivity index (χ1n) is 4.60. The first kappa shape index (κ1) is 11.3. The normalized spacial score (nSPS) is 10.1. The second-order valence-corrected chi connectivity index (χ2v) is 4.40. The van der Waals surface area contributed by atoms with Gasteiger partial charge in [0.15, 0.2) is 0 Å². The van der Waals surface area contributed by atoms with E-state index in [1.807, 2.05) is 24.3 Å². The molecule has 3 nitrogen and oxygen atoms in total. The Balaban J connectivity index is 2.42. The number of aromatic nitrogens is 2. The van der Waals surface area contributed by atoms with Crippen LogP contribution < -0.4 is 4.74 Å². The van der Waals surface area contributed by atoms with Gasteiger partial charge in [-0.05, 0) is 40.2 Å². The minimum atomic E-state index is 0.640. The van der Waals surface area contributed by atoms with Crippen molar-refractivity contribution in [2.24, 2.45) is 0 Å². The van der Waals surface area contributed by atoms with Crippen LogP contribution in [-0.4, -0.2) is 17.1 Å². The maximum atomic E-state index is 5.12. The highest BCUT2D eigenvalue weighted by molar-refractivity contribution is 9.10. The number of hydrogen-bond acceptors (Lipinski definition) is 3. The molecule has 0 amide bonds. The maximum absolute atomic E-state index is 5.12. The number of nitrogens with zero attached hydrogens (tertiary/aromatic N) is 1. The lowest BCUT2D eigenvalue weighted by Crippen LogP contribution is -1.90. The van der Waals surface area contributed by atoms with Gasteiger partial charge in [-0.3, -0.25) is 0 Å². The lowest BCUT2D eigenvalue weighted by atomic mass is 10.2. The minimum absolute atomic E-state index is 0.640. The van der Waals surface area contributed by atoms with E-state index in [0.29, 0.717) is 4.64 Å². The van der Waals surface area contributed by atoms with Gasteiger partial charge in [0.05, 0.1) is 11.6 Å². The predicted octanol–water partition coefficient (Wildman–Crippen LogP) is 3.58. The third kappa shape index (κ3) is 2.31. The van der Waals surface area contributed by atoms with Crippen LogP contribution in [0, 0.1) is 4.64 Å². The van der Waals surface area contributed by atoms with Crippen molar-refractivity contribution in [2.75, 3.05) is 7.11 Å². The van der Waals surface area contributed by atoms with E-state index in [0.717, 1.165) is 21.6 Å². The summed E-state index contributed by atoms with van der Waals surface area (Å²) in [4.78, 5) is 7.30. The molecule has 0 aliphatic carbocycles. The average Bonchev–Trinajstić information content (AvgIpc) is 2.33. The number of aromatic amines is 1. The van der Waals surface area contributed by atoms with E-state index in [9.17, 15) is 0 Å². The molecule has 0 saturated carbocycles. The number of ether oxygens (including phenoxy) is 1. The molecule has 1 aromatic carbocycles. The SMILES string of the molecule is COc1ccc(-c2ncc(Br)c(=S)[nH]2)cc1. The van der Waals surface area contributed by atoms with E-state index in [2.05, 4.69) is 25.9 Å². The topological polar surface area (TPSA) is 37.9 Å². The third-order valence-corrected chi connectivity index (χ3v) is 3.30. The van der Waals surface area contributed by atoms with Gasteiger partial charge in [-0.1, -0.05) is 12.2 Å². The molecule has 16 heavy (non-hydrogen) atoms. The molecule has 1 aromatic heterocycles. The highest BCUT2D eigenvalue weighted by atomic mass is 79.9. The van der Waals surface area contributed by atoms with Crippen LogP contribution in [0.2, 0.25) is 0 Å². The molecule has 2 aromatic rings. The van der Waals surface area contributed by atoms with Crippen molar-refractivity contribution in [1.82, 2.24) is 9.97 Å². The Morgan fingerprint density at radius 3 is 2.56 bits per heavy atom. The summed E-state index contributed by atoms with van der Waals surface area (Å²) in [6, 6.07) is 7.63. The third-order valence-electron chi connectivity index (χ3n) is 2.12. The van der Waals surface area contributed by atoms with Gasteiger partial charge in [-0.2, -0.15) is 0 Å². The van der Waals surface area contributed by atoms with Crippen molar-refractivity contribution in [3.8, 4) is 17.1 Å². The first-order valence-corrected chi connectivity index (χ1v) is 5.80. The highest BCUT2D eigenvalue weighted by Crippen LogP contribution is 2.20. The van der Waals surface area contributed by atoms with Gasteiger partial charge >= 0.3 is 0 Å². The molecular weight excluding hydrogens is 288 g/mol. The number of nitrogens with one attached hydrogen (secondary N) is 1. The zero-order valence-corrected chi connectivity index (χ0v) is 10.9. The zero-order chi connectivity index (χ0) is 11.5. The Morgan fingerprint density at radius 2 is 2.00 bits per heavy atom. The molecule has 0 bridgehead atoms. The molecule has 0 spiro atoms. The summed E-state index contributed by atoms with van der Waals surface area (Å²) in [5, 5.41) is 0. The fraction of sp³-hybridized carbons (Fsp3) is 0.0909. The summed E-state index contributed by atoms with van der Waals surface area (Å²) in [5.41, 5.74) is 0.972. The molecule has 0 saturated heterocycles. The summed E-state index contributed by atoms with van der Waals surface area (Å²) < 4.78 is 6.52. The van der Waals surface area contributed by atoms with Crippen LogP contribution in [0.15, 0.2) is 34.9 Å². The summed E-state index contributed by atoms with van der Waals surface area (Å²) in [7, 11) is 1.64. The van der Waals surface area contributed by atoms with Gasteiger partial charge < -0.3 is 9.72 Å². The van der Waals surface area contributed by atoms with Gasteiger partial charge in [0.2, 0.25) is 0 Å². The average molecular weight is 297 g/mol. The quantitative estimate of drug-likeness (QED) is 0.861. The van der Waals surface area contributed by atoms with Crippen LogP contribution in [-0.2, 0) is 0 Å². The largest absolute Gasteiger partial charge is 0.497 e. The molecule has 1 N–H and O–H groups in total. The lowest BCUT2D eigenvalue weighted by molar-refractivity contribution is 0.415. The van der Waals surface area contributed by atoms with Gasteiger partial charge in [-0.25, -0.2) is 4.98 Å². The molecular formula is C11H9BrN2OS. The van der Waals surface area contributed by atoms with Gasteiger partial charge in [0, 0.05) is 11.8 Å². The molecule has 0 aliphatic heterocycles. The number of rotatable bonds is 2. The monoisotopic (exact) mass is 296 g/mol. The summed E-state index contributed by atoms with van der Waals surface area (Å²) in [6.45, 7) is 0. The maximum Gasteiger partial charge on any atom is 0.138 e. The fourth-order valence-electron chi connectivity index (χ4n) is 1.27. The Hall–Kier alpha value is -1.20. The second-order valence-electron chi connectivity index (χ2n) is 3.14. The molecule has 0 unspecified atom stereocenters. The van der Waals surface area contributed by atoms with Crippen LogP contribution >= 0.6 is 28.1 Å². The van der Waals surface area contributed by atoms with Crippen LogP contribution in [0.4, 0.5) is 0 Å². The molecule has 82 valence electrons. The second kappa shape index (κ2) is 4.76. The van der Waals surface area contributed by atoms with Crippen LogP contribution in [0.3, 0.4) is 0 Å². The number of benzene rings is 1. The highest BCUT2D eigenvalue weighted by Gasteiger charge is 2.01. The van der Waals surface area contributed by atoms with E-state index in [1.54, 1.807) is 13.3 Å². The molecule has 5 heteroatoms. The van der Waals surface area contributed by atoms with E-state index in [1.165, 1.54) is 0 Å². The Bertz CT molecular complexity index is 551. The molecule has 0 aliphatic rings. The number of H-pyrrole nitrogens is 1. The Kier molecular flexibility index (Phi) is 3.36. The van der Waals surface area contributed by atoms with Crippen molar-refractivity contribution in [3.63, 3.8) is 0 Å². The van der Waals surface area contributed by atoms with Crippen LogP contribution in [0.5, 0.6) is 5.75 Å². The first-order chi connectivity index (χ1) is 7.70.